The molecule has 3 rings (SSSR count). The van der Waals surface area contributed by atoms with Crippen LogP contribution in [-0.2, 0) is 9.53 Å². The highest BCUT2D eigenvalue weighted by Crippen LogP contribution is 2.35. The Labute approximate surface area is 108 Å². The van der Waals surface area contributed by atoms with Crippen LogP contribution in [0.1, 0.15) is 24.9 Å². The first kappa shape index (κ1) is 11.7. The molecule has 2 aliphatic rings. The Bertz CT molecular complexity index is 431. The lowest BCUT2D eigenvalue weighted by Crippen LogP contribution is -2.30. The topological polar surface area (TPSA) is 29.5 Å². The molecule has 3 atom stereocenters. The number of benzene rings is 1. The number of amides is 1. The SMILES string of the molecule is CC(c1ccccc1)N1CC2COCCC2C1=O. The van der Waals surface area contributed by atoms with E-state index in [9.17, 15) is 4.79 Å². The van der Waals surface area contributed by atoms with E-state index < -0.39 is 0 Å². The fraction of sp³-hybridized carbons (Fsp3) is 0.533. The highest BCUT2D eigenvalue weighted by molar-refractivity contribution is 5.82. The van der Waals surface area contributed by atoms with Gasteiger partial charge in [-0.15, -0.1) is 0 Å². The molecular formula is C15H19NO2. The Morgan fingerprint density at radius 2 is 2.11 bits per heavy atom. The molecule has 3 nitrogen and oxygen atoms in total. The van der Waals surface area contributed by atoms with Crippen LogP contribution in [0.25, 0.3) is 0 Å². The molecule has 3 unspecified atom stereocenters. The van der Waals surface area contributed by atoms with Gasteiger partial charge in [0.15, 0.2) is 0 Å². The van der Waals surface area contributed by atoms with Crippen LogP contribution in [0.5, 0.6) is 0 Å². The third-order valence-electron chi connectivity index (χ3n) is 4.26. The summed E-state index contributed by atoms with van der Waals surface area (Å²) in [6, 6.07) is 10.4. The maximum absolute atomic E-state index is 12.4. The molecule has 2 heterocycles. The summed E-state index contributed by atoms with van der Waals surface area (Å²) in [6.45, 7) is 4.44. The molecule has 2 aliphatic heterocycles. The van der Waals surface area contributed by atoms with Crippen LogP contribution in [0.4, 0.5) is 0 Å². The van der Waals surface area contributed by atoms with Crippen molar-refractivity contribution in [2.24, 2.45) is 11.8 Å². The van der Waals surface area contributed by atoms with Crippen LogP contribution in [-0.4, -0.2) is 30.6 Å². The van der Waals surface area contributed by atoms with Gasteiger partial charge in [-0.25, -0.2) is 0 Å². The number of carbonyl (C=O) groups excluding carboxylic acids is 1. The van der Waals surface area contributed by atoms with Crippen molar-refractivity contribution in [2.45, 2.75) is 19.4 Å². The summed E-state index contributed by atoms with van der Waals surface area (Å²) < 4.78 is 5.49. The minimum atomic E-state index is 0.171. The summed E-state index contributed by atoms with van der Waals surface area (Å²) in [7, 11) is 0. The van der Waals surface area contributed by atoms with E-state index in [2.05, 4.69) is 19.1 Å². The van der Waals surface area contributed by atoms with Gasteiger partial charge in [-0.05, 0) is 18.9 Å². The molecule has 1 amide bonds. The standard InChI is InChI=1S/C15H19NO2/c1-11(12-5-3-2-4-6-12)16-9-13-10-18-8-7-14(13)15(16)17/h2-6,11,13-14H,7-10H2,1H3. The van der Waals surface area contributed by atoms with Crippen molar-refractivity contribution in [3.8, 4) is 0 Å². The summed E-state index contributed by atoms with van der Waals surface area (Å²) >= 11 is 0. The van der Waals surface area contributed by atoms with E-state index in [-0.39, 0.29) is 12.0 Å². The maximum atomic E-state index is 12.4. The molecule has 0 bridgehead atoms. The first-order chi connectivity index (χ1) is 8.77. The molecule has 0 saturated carbocycles. The van der Waals surface area contributed by atoms with Gasteiger partial charge < -0.3 is 9.64 Å². The van der Waals surface area contributed by atoms with Gasteiger partial charge in [0.2, 0.25) is 5.91 Å². The van der Waals surface area contributed by atoms with Crippen molar-refractivity contribution in [2.75, 3.05) is 19.8 Å². The Morgan fingerprint density at radius 3 is 2.83 bits per heavy atom. The number of hydrogen-bond acceptors (Lipinski definition) is 2. The van der Waals surface area contributed by atoms with E-state index in [4.69, 9.17) is 4.74 Å². The molecule has 3 heteroatoms. The molecule has 0 aliphatic carbocycles. The first-order valence-corrected chi connectivity index (χ1v) is 6.70. The molecule has 0 radical (unpaired) electrons. The van der Waals surface area contributed by atoms with Crippen LogP contribution in [0, 0.1) is 11.8 Å². The van der Waals surface area contributed by atoms with E-state index in [0.717, 1.165) is 26.2 Å². The molecule has 0 spiro atoms. The highest BCUT2D eigenvalue weighted by atomic mass is 16.5. The summed E-state index contributed by atoms with van der Waals surface area (Å²) in [5, 5.41) is 0. The number of nitrogens with zero attached hydrogens (tertiary/aromatic N) is 1. The quantitative estimate of drug-likeness (QED) is 0.799. The second kappa shape index (κ2) is 4.73. The predicted molar refractivity (Wildman–Crippen MR) is 69.0 cm³/mol. The average Bonchev–Trinajstić information content (AvgIpc) is 2.77. The monoisotopic (exact) mass is 245 g/mol. The predicted octanol–water partition coefficient (Wildman–Crippen LogP) is 2.24. The maximum Gasteiger partial charge on any atom is 0.226 e. The number of rotatable bonds is 2. The normalized spacial score (nSPS) is 29.2. The lowest BCUT2D eigenvalue weighted by atomic mass is 9.92. The van der Waals surface area contributed by atoms with E-state index in [1.54, 1.807) is 0 Å². The van der Waals surface area contributed by atoms with Gasteiger partial charge in [-0.2, -0.15) is 0 Å². The molecule has 0 N–H and O–H groups in total. The summed E-state index contributed by atoms with van der Waals surface area (Å²) in [4.78, 5) is 14.5. The molecule has 96 valence electrons. The molecular weight excluding hydrogens is 226 g/mol. The van der Waals surface area contributed by atoms with Crippen molar-refractivity contribution >= 4 is 5.91 Å². The minimum absolute atomic E-state index is 0.171. The average molecular weight is 245 g/mol. The molecule has 2 saturated heterocycles. The Hall–Kier alpha value is -1.35. The van der Waals surface area contributed by atoms with Crippen LogP contribution in [0.2, 0.25) is 0 Å². The summed E-state index contributed by atoms with van der Waals surface area (Å²) in [6.07, 6.45) is 0.890. The number of fused-ring (bicyclic) bond motifs is 1. The Balaban J connectivity index is 1.79. The molecule has 1 aromatic carbocycles. The number of hydrogen-bond donors (Lipinski definition) is 0. The van der Waals surface area contributed by atoms with Crippen molar-refractivity contribution in [3.05, 3.63) is 35.9 Å². The fourth-order valence-electron chi connectivity index (χ4n) is 3.12. The minimum Gasteiger partial charge on any atom is -0.381 e. The van der Waals surface area contributed by atoms with Gasteiger partial charge >= 0.3 is 0 Å². The van der Waals surface area contributed by atoms with Crippen LogP contribution in [0.15, 0.2) is 30.3 Å². The number of ether oxygens (including phenoxy) is 1. The largest absolute Gasteiger partial charge is 0.381 e. The smallest absolute Gasteiger partial charge is 0.226 e. The van der Waals surface area contributed by atoms with Crippen LogP contribution < -0.4 is 0 Å². The molecule has 1 aromatic rings. The number of carbonyl (C=O) groups is 1. The van der Waals surface area contributed by atoms with E-state index in [1.165, 1.54) is 5.56 Å². The third kappa shape index (κ3) is 1.93. The molecule has 18 heavy (non-hydrogen) atoms. The van der Waals surface area contributed by atoms with Crippen LogP contribution in [0.3, 0.4) is 0 Å². The molecule has 0 aromatic heterocycles. The van der Waals surface area contributed by atoms with Gasteiger partial charge in [-0.3, -0.25) is 4.79 Å². The van der Waals surface area contributed by atoms with Gasteiger partial charge in [0.25, 0.3) is 0 Å². The summed E-state index contributed by atoms with van der Waals surface area (Å²) in [5.74, 6) is 0.918. The second-order valence-corrected chi connectivity index (χ2v) is 5.31. The molecule has 2 fully saturated rings. The van der Waals surface area contributed by atoms with Crippen LogP contribution >= 0.6 is 0 Å². The highest BCUT2D eigenvalue weighted by Gasteiger charge is 2.43. The Kier molecular flexibility index (Phi) is 3.08. The van der Waals surface area contributed by atoms with Crippen molar-refractivity contribution < 1.29 is 9.53 Å². The van der Waals surface area contributed by atoms with Crippen molar-refractivity contribution in [1.29, 1.82) is 0 Å². The number of likely N-dealkylation sites (tertiary alicyclic amines) is 1. The Morgan fingerprint density at radius 1 is 1.33 bits per heavy atom. The van der Waals surface area contributed by atoms with Gasteiger partial charge in [-0.1, -0.05) is 30.3 Å². The van der Waals surface area contributed by atoms with Gasteiger partial charge in [0.05, 0.1) is 12.6 Å². The first-order valence-electron chi connectivity index (χ1n) is 6.70. The van der Waals surface area contributed by atoms with E-state index in [1.807, 2.05) is 23.1 Å². The van der Waals surface area contributed by atoms with Crippen molar-refractivity contribution in [1.82, 2.24) is 4.90 Å². The van der Waals surface area contributed by atoms with Crippen molar-refractivity contribution in [3.63, 3.8) is 0 Å². The fourth-order valence-corrected chi connectivity index (χ4v) is 3.12. The zero-order valence-corrected chi connectivity index (χ0v) is 10.7. The summed E-state index contributed by atoms with van der Waals surface area (Å²) in [5.41, 5.74) is 1.21. The third-order valence-corrected chi connectivity index (χ3v) is 4.26. The second-order valence-electron chi connectivity index (χ2n) is 5.31. The zero-order chi connectivity index (χ0) is 12.5. The zero-order valence-electron chi connectivity index (χ0n) is 10.7. The van der Waals surface area contributed by atoms with E-state index >= 15 is 0 Å². The lowest BCUT2D eigenvalue weighted by molar-refractivity contribution is -0.134. The lowest BCUT2D eigenvalue weighted by Gasteiger charge is -2.25. The van der Waals surface area contributed by atoms with Gasteiger partial charge in [0.1, 0.15) is 0 Å². The van der Waals surface area contributed by atoms with Gasteiger partial charge in [0, 0.05) is 25.0 Å². The van der Waals surface area contributed by atoms with E-state index in [0.29, 0.717) is 11.8 Å².